The summed E-state index contributed by atoms with van der Waals surface area (Å²) < 4.78 is 5.25. The van der Waals surface area contributed by atoms with Crippen molar-refractivity contribution in [3.05, 3.63) is 63.2 Å². The summed E-state index contributed by atoms with van der Waals surface area (Å²) in [6.45, 7) is 3.48. The number of nitrogens with zero attached hydrogens (tertiary/aromatic N) is 2. The van der Waals surface area contributed by atoms with Gasteiger partial charge in [-0.2, -0.15) is 0 Å². The number of hydrogen-bond donors (Lipinski definition) is 0. The molecule has 2 aromatic carbocycles. The van der Waals surface area contributed by atoms with Gasteiger partial charge in [-0.05, 0) is 55.5 Å². The zero-order chi connectivity index (χ0) is 22.0. The molecule has 0 saturated carbocycles. The number of benzene rings is 2. The molecule has 8 nitrogen and oxygen atoms in total. The Morgan fingerprint density at radius 1 is 1.20 bits per heavy atom. The van der Waals surface area contributed by atoms with E-state index in [0.29, 0.717) is 23.4 Å². The SMILES string of the molecule is CSc1ccc([N+](=O)[O-])c(C(=O)O[C@@H](C)C(=O)c2ccc3c(c2)CCN3C(C)=O)c1. The van der Waals surface area contributed by atoms with Crippen LogP contribution in [0.2, 0.25) is 0 Å². The van der Waals surface area contributed by atoms with Crippen molar-refractivity contribution in [3.63, 3.8) is 0 Å². The molecule has 0 aliphatic carbocycles. The smallest absolute Gasteiger partial charge is 0.345 e. The van der Waals surface area contributed by atoms with E-state index in [1.807, 2.05) is 0 Å². The summed E-state index contributed by atoms with van der Waals surface area (Å²) in [5, 5.41) is 11.2. The maximum Gasteiger partial charge on any atom is 0.345 e. The molecule has 156 valence electrons. The standard InChI is InChI=1S/C21H20N2O6S/c1-12(29-21(26)17-11-16(30-3)5-7-19(17)23(27)28)20(25)15-4-6-18-14(10-15)8-9-22(18)13(2)24/h4-7,10-12H,8-9H2,1-3H3/t12-/m0/s1. The van der Waals surface area contributed by atoms with Gasteiger partial charge in [-0.25, -0.2) is 4.79 Å². The summed E-state index contributed by atoms with van der Waals surface area (Å²) >= 11 is 1.33. The minimum absolute atomic E-state index is 0.0656. The molecule has 0 unspecified atom stereocenters. The van der Waals surface area contributed by atoms with Gasteiger partial charge < -0.3 is 9.64 Å². The Kier molecular flexibility index (Phi) is 6.21. The first-order valence-corrected chi connectivity index (χ1v) is 10.4. The van der Waals surface area contributed by atoms with Crippen LogP contribution in [0.4, 0.5) is 11.4 Å². The molecule has 1 aliphatic rings. The van der Waals surface area contributed by atoms with E-state index >= 15 is 0 Å². The Hall–Kier alpha value is -3.20. The lowest BCUT2D eigenvalue weighted by atomic mass is 10.0. The average Bonchev–Trinajstić information content (AvgIpc) is 3.16. The first kappa shape index (κ1) is 21.5. The molecule has 9 heteroatoms. The maximum absolute atomic E-state index is 12.8. The number of ketones is 1. The summed E-state index contributed by atoms with van der Waals surface area (Å²) in [7, 11) is 0. The molecular formula is C21H20N2O6S. The van der Waals surface area contributed by atoms with E-state index in [9.17, 15) is 24.5 Å². The number of hydrogen-bond acceptors (Lipinski definition) is 7. The predicted molar refractivity (Wildman–Crippen MR) is 112 cm³/mol. The number of nitro benzene ring substituents is 1. The van der Waals surface area contributed by atoms with Gasteiger partial charge in [0.2, 0.25) is 11.7 Å². The number of esters is 1. The van der Waals surface area contributed by atoms with Crippen LogP contribution in [0.1, 0.15) is 40.1 Å². The van der Waals surface area contributed by atoms with E-state index in [1.165, 1.54) is 37.7 Å². The van der Waals surface area contributed by atoms with Crippen LogP contribution in [0.5, 0.6) is 0 Å². The molecule has 30 heavy (non-hydrogen) atoms. The molecule has 3 rings (SSSR count). The van der Waals surface area contributed by atoms with Crippen LogP contribution < -0.4 is 4.90 Å². The topological polar surface area (TPSA) is 107 Å². The largest absolute Gasteiger partial charge is 0.450 e. The minimum atomic E-state index is -1.13. The normalized spacial score (nSPS) is 13.5. The minimum Gasteiger partial charge on any atom is -0.450 e. The van der Waals surface area contributed by atoms with Crippen molar-refractivity contribution in [1.82, 2.24) is 0 Å². The molecule has 0 radical (unpaired) electrons. The van der Waals surface area contributed by atoms with E-state index in [1.54, 1.807) is 35.4 Å². The quantitative estimate of drug-likeness (QED) is 0.227. The zero-order valence-corrected chi connectivity index (χ0v) is 17.5. The van der Waals surface area contributed by atoms with Gasteiger partial charge in [0, 0.05) is 35.7 Å². The highest BCUT2D eigenvalue weighted by Crippen LogP contribution is 2.30. The van der Waals surface area contributed by atoms with Gasteiger partial charge in [0.15, 0.2) is 6.10 Å². The van der Waals surface area contributed by atoms with Crippen molar-refractivity contribution in [2.24, 2.45) is 0 Å². The third kappa shape index (κ3) is 4.20. The molecule has 1 heterocycles. The molecule has 0 N–H and O–H groups in total. The number of carbonyl (C=O) groups is 3. The van der Waals surface area contributed by atoms with Crippen LogP contribution in [0, 0.1) is 10.1 Å². The van der Waals surface area contributed by atoms with Gasteiger partial charge in [-0.15, -0.1) is 11.8 Å². The van der Waals surface area contributed by atoms with Crippen molar-refractivity contribution < 1.29 is 24.0 Å². The van der Waals surface area contributed by atoms with Crippen molar-refractivity contribution >= 4 is 40.8 Å². The summed E-state index contributed by atoms with van der Waals surface area (Å²) in [4.78, 5) is 49.9. The zero-order valence-electron chi connectivity index (χ0n) is 16.7. The monoisotopic (exact) mass is 428 g/mol. The number of Topliss-reactive ketones (excluding diaryl/α,β-unsaturated/α-hetero) is 1. The second-order valence-corrected chi connectivity index (χ2v) is 7.70. The lowest BCUT2D eigenvalue weighted by molar-refractivity contribution is -0.385. The second-order valence-electron chi connectivity index (χ2n) is 6.82. The van der Waals surface area contributed by atoms with Crippen LogP contribution >= 0.6 is 11.8 Å². The molecular weight excluding hydrogens is 408 g/mol. The van der Waals surface area contributed by atoms with Gasteiger partial charge in [0.25, 0.3) is 5.69 Å². The number of carbonyl (C=O) groups excluding carboxylic acids is 3. The fraction of sp³-hybridized carbons (Fsp3) is 0.286. The van der Waals surface area contributed by atoms with Crippen LogP contribution in [-0.4, -0.2) is 41.5 Å². The van der Waals surface area contributed by atoms with Gasteiger partial charge >= 0.3 is 5.97 Å². The van der Waals surface area contributed by atoms with Crippen molar-refractivity contribution in [2.75, 3.05) is 17.7 Å². The lowest BCUT2D eigenvalue weighted by Gasteiger charge is -2.16. The number of ether oxygens (including phenoxy) is 1. The molecule has 1 aliphatic heterocycles. The molecule has 1 atom stereocenters. The molecule has 0 saturated heterocycles. The van der Waals surface area contributed by atoms with Crippen molar-refractivity contribution in [1.29, 1.82) is 0 Å². The Morgan fingerprint density at radius 3 is 2.57 bits per heavy atom. The Labute approximate surface area is 177 Å². The molecule has 2 aromatic rings. The molecule has 0 aromatic heterocycles. The van der Waals surface area contributed by atoms with E-state index < -0.39 is 22.8 Å². The Bertz CT molecular complexity index is 1050. The van der Waals surface area contributed by atoms with Crippen LogP contribution in [0.3, 0.4) is 0 Å². The van der Waals surface area contributed by atoms with Crippen molar-refractivity contribution in [3.8, 4) is 0 Å². The maximum atomic E-state index is 12.8. The molecule has 0 spiro atoms. The van der Waals surface area contributed by atoms with Gasteiger partial charge in [0.05, 0.1) is 4.92 Å². The van der Waals surface area contributed by atoms with E-state index in [2.05, 4.69) is 0 Å². The van der Waals surface area contributed by atoms with E-state index in [-0.39, 0.29) is 17.2 Å². The third-order valence-corrected chi connectivity index (χ3v) is 5.64. The molecule has 1 amide bonds. The lowest BCUT2D eigenvalue weighted by Crippen LogP contribution is -2.26. The second kappa shape index (κ2) is 8.66. The van der Waals surface area contributed by atoms with E-state index in [0.717, 1.165) is 11.3 Å². The summed E-state index contributed by atoms with van der Waals surface area (Å²) in [6, 6.07) is 9.16. The average molecular weight is 428 g/mol. The highest BCUT2D eigenvalue weighted by molar-refractivity contribution is 7.98. The number of anilines is 1. The van der Waals surface area contributed by atoms with Crippen LogP contribution in [0.25, 0.3) is 0 Å². The third-order valence-electron chi connectivity index (χ3n) is 4.91. The number of nitro groups is 1. The number of amides is 1. The van der Waals surface area contributed by atoms with Gasteiger partial charge in [-0.1, -0.05) is 0 Å². The first-order chi connectivity index (χ1) is 14.2. The highest BCUT2D eigenvalue weighted by atomic mass is 32.2. The van der Waals surface area contributed by atoms with Gasteiger partial charge in [-0.3, -0.25) is 19.7 Å². The predicted octanol–water partition coefficient (Wildman–Crippen LogP) is 3.65. The fourth-order valence-electron chi connectivity index (χ4n) is 3.36. The fourth-order valence-corrected chi connectivity index (χ4v) is 3.80. The highest BCUT2D eigenvalue weighted by Gasteiger charge is 2.28. The van der Waals surface area contributed by atoms with Crippen molar-refractivity contribution in [2.45, 2.75) is 31.3 Å². The van der Waals surface area contributed by atoms with E-state index in [4.69, 9.17) is 4.74 Å². The Balaban J connectivity index is 1.79. The number of fused-ring (bicyclic) bond motifs is 1. The van der Waals surface area contributed by atoms with Crippen LogP contribution in [0.15, 0.2) is 41.3 Å². The van der Waals surface area contributed by atoms with Crippen LogP contribution in [-0.2, 0) is 16.0 Å². The summed E-state index contributed by atoms with van der Waals surface area (Å²) in [6.07, 6.45) is 1.29. The number of rotatable bonds is 6. The summed E-state index contributed by atoms with van der Waals surface area (Å²) in [5.41, 5.74) is 1.43. The summed E-state index contributed by atoms with van der Waals surface area (Å²) in [5.74, 6) is -1.41. The first-order valence-electron chi connectivity index (χ1n) is 9.21. The Morgan fingerprint density at radius 2 is 1.93 bits per heavy atom. The van der Waals surface area contributed by atoms with Gasteiger partial charge in [0.1, 0.15) is 5.56 Å². The number of thioether (sulfide) groups is 1. The molecule has 0 fully saturated rings. The molecule has 0 bridgehead atoms.